The minimum absolute atomic E-state index is 0. The average molecular weight is 101 g/mol. The van der Waals surface area contributed by atoms with E-state index in [0.717, 1.165) is 0 Å². The Hall–Kier alpha value is 0.600. The summed E-state index contributed by atoms with van der Waals surface area (Å²) in [5.41, 5.74) is 7.20. The minimum atomic E-state index is 0. The third-order valence-electron chi connectivity index (χ3n) is 0.0338. The second kappa shape index (κ2) is 8.82. The topological polar surface area (TPSA) is 48.8 Å². The van der Waals surface area contributed by atoms with Gasteiger partial charge in [0.15, 0.2) is 0 Å². The summed E-state index contributed by atoms with van der Waals surface area (Å²) in [6.45, 7) is 0. The number of hydrogen-bond donors (Lipinski definition) is 0. The van der Waals surface area contributed by atoms with E-state index in [-0.39, 0.29) is 31.0 Å². The molecule has 0 heterocycles. The fraction of sp³-hybridized carbons (Fsp3) is 0. The molecule has 0 saturated heterocycles. The van der Waals surface area contributed by atoms with E-state index in [9.17, 15) is 0 Å². The molecule has 0 aliphatic heterocycles. The van der Waals surface area contributed by atoms with E-state index in [4.69, 9.17) is 5.53 Å². The summed E-state index contributed by atoms with van der Waals surface area (Å²) in [5, 5.41) is 0. The minimum Gasteiger partial charge on any atom is -1.00 e. The molecule has 0 radical (unpaired) electrons. The van der Waals surface area contributed by atoms with E-state index in [1.807, 2.05) is 0 Å². The normalized spacial score (nSPS) is 3.40. The summed E-state index contributed by atoms with van der Waals surface area (Å²) in [6.07, 6.45) is 0. The summed E-state index contributed by atoms with van der Waals surface area (Å²) in [4.78, 5) is 2.13. The van der Waals surface area contributed by atoms with Crippen LogP contribution in [-0.4, -0.2) is 0 Å². The molecule has 0 saturated carbocycles. The van der Waals surface area contributed by atoms with Crippen LogP contribution >= 0.6 is 11.8 Å². The molecular weight excluding hydrogens is 100 g/mol. The maximum atomic E-state index is 7.20. The van der Waals surface area contributed by atoms with Crippen molar-refractivity contribution < 1.29 is 31.0 Å². The third kappa shape index (κ3) is 12.1. The van der Waals surface area contributed by atoms with Gasteiger partial charge in [0.05, 0.1) is 0 Å². The van der Waals surface area contributed by atoms with Crippen molar-refractivity contribution >= 4 is 11.8 Å². The van der Waals surface area contributed by atoms with Crippen molar-refractivity contribution in [1.29, 1.82) is 0 Å². The molecule has 0 spiro atoms. The Labute approximate surface area is 57.8 Å². The Morgan fingerprint density at radius 3 is 2.20 bits per heavy atom. The van der Waals surface area contributed by atoms with Crippen molar-refractivity contribution in [1.82, 2.24) is 0 Å². The predicted octanol–water partition coefficient (Wildman–Crippen LogP) is -1.43. The van der Waals surface area contributed by atoms with E-state index in [0.29, 0.717) is 0 Å². The van der Waals surface area contributed by atoms with Crippen LogP contribution in [0.2, 0.25) is 0 Å². The molecule has 0 bridgehead atoms. The predicted molar refractivity (Wildman–Crippen MR) is 16.1 cm³/mol. The van der Waals surface area contributed by atoms with Gasteiger partial charge in [0.1, 0.15) is 0 Å². The molecule has 0 fully saturated rings. The zero-order valence-electron chi connectivity index (χ0n) is 3.72. The first-order chi connectivity index (χ1) is 1.91. The molecule has 0 aromatic heterocycles. The van der Waals surface area contributed by atoms with Crippen LogP contribution in [0.5, 0.6) is 0 Å². The van der Waals surface area contributed by atoms with E-state index < -0.39 is 0 Å². The Balaban J connectivity index is -0.0000000450. The molecule has 5 heteroatoms. The Kier molecular flexibility index (Phi) is 16.1. The van der Waals surface area contributed by atoms with Crippen LogP contribution in [0.1, 0.15) is 1.43 Å². The second-order valence-corrected chi connectivity index (χ2v) is 0.316. The molecule has 24 valence electrons. The van der Waals surface area contributed by atoms with Crippen molar-refractivity contribution in [3.05, 3.63) is 10.4 Å². The summed E-state index contributed by atoms with van der Waals surface area (Å²) in [7, 11) is 0. The van der Waals surface area contributed by atoms with Crippen molar-refractivity contribution in [3.8, 4) is 0 Å². The second-order valence-electron chi connectivity index (χ2n) is 0.165. The van der Waals surface area contributed by atoms with Gasteiger partial charge < -0.3 is 1.43 Å². The molecule has 0 unspecified atom stereocenters. The van der Waals surface area contributed by atoms with E-state index in [1.165, 1.54) is 0 Å². The molecule has 0 amide bonds. The van der Waals surface area contributed by atoms with Gasteiger partial charge in [-0.3, -0.25) is 0 Å². The number of hydrogen-bond acceptors (Lipinski definition) is 1. The monoisotopic (exact) mass is 101 g/mol. The summed E-state index contributed by atoms with van der Waals surface area (Å²) in [5.74, 6) is 0. The van der Waals surface area contributed by atoms with Crippen LogP contribution in [0.3, 0.4) is 0 Å². The van der Waals surface area contributed by atoms with Crippen molar-refractivity contribution in [3.63, 3.8) is 0 Å². The van der Waals surface area contributed by atoms with Crippen LogP contribution in [0, 0.1) is 0 Å². The number of rotatable bonds is 0. The van der Waals surface area contributed by atoms with Crippen molar-refractivity contribution in [2.75, 3.05) is 0 Å². The smallest absolute Gasteiger partial charge is 1.00 e. The van der Waals surface area contributed by atoms with E-state index in [1.54, 1.807) is 0 Å². The maximum absolute atomic E-state index is 7.20. The number of halogens is 1. The quantitative estimate of drug-likeness (QED) is 0.155. The first kappa shape index (κ1) is 9.14. The standard InChI is InChI=1S/ClN3.Na.H/c1-3-4-2;;/q;+1;-1. The van der Waals surface area contributed by atoms with Crippen LogP contribution in [-0.2, 0) is 0 Å². The molecule has 0 aromatic rings. The van der Waals surface area contributed by atoms with Crippen LogP contribution in [0.4, 0.5) is 0 Å². The largest absolute Gasteiger partial charge is 1.00 e. The molecule has 5 heavy (non-hydrogen) atoms. The molecule has 0 rings (SSSR count). The molecule has 3 nitrogen and oxygen atoms in total. The van der Waals surface area contributed by atoms with Crippen molar-refractivity contribution in [2.24, 2.45) is 4.63 Å². The maximum Gasteiger partial charge on any atom is 1.00 e. The Bertz CT molecular complexity index is 48.8. The first-order valence-corrected chi connectivity index (χ1v) is 0.907. The Morgan fingerprint density at radius 2 is 2.20 bits per heavy atom. The molecule has 0 aliphatic carbocycles. The molecular formula is HClN3Na. The van der Waals surface area contributed by atoms with Gasteiger partial charge in [-0.25, -0.2) is 0 Å². The van der Waals surface area contributed by atoms with Gasteiger partial charge in [-0.05, 0) is 17.3 Å². The molecule has 0 N–H and O–H groups in total. The van der Waals surface area contributed by atoms with Gasteiger partial charge in [0.25, 0.3) is 0 Å². The van der Waals surface area contributed by atoms with Crippen LogP contribution in [0.25, 0.3) is 10.4 Å². The van der Waals surface area contributed by atoms with Crippen molar-refractivity contribution in [2.45, 2.75) is 0 Å². The fourth-order valence-electron chi connectivity index (χ4n) is 0. The van der Waals surface area contributed by atoms with Gasteiger partial charge in [-0.15, -0.1) is 0 Å². The van der Waals surface area contributed by atoms with Gasteiger partial charge in [-0.1, -0.05) is 0 Å². The Morgan fingerprint density at radius 1 is 2.00 bits per heavy atom. The number of nitrogens with zero attached hydrogens (tertiary/aromatic N) is 3. The van der Waals surface area contributed by atoms with Gasteiger partial charge >= 0.3 is 29.6 Å². The van der Waals surface area contributed by atoms with E-state index in [2.05, 4.69) is 21.3 Å². The van der Waals surface area contributed by atoms with Gasteiger partial charge in [-0.2, -0.15) is 0 Å². The van der Waals surface area contributed by atoms with Gasteiger partial charge in [0.2, 0.25) is 0 Å². The number of azide groups is 1. The average Bonchev–Trinajstić information content (AvgIpc) is 1.37. The SMILES string of the molecule is [H-].[N-]=[N+]=NCl.[Na+]. The molecule has 0 aliphatic rings. The van der Waals surface area contributed by atoms with E-state index >= 15 is 0 Å². The zero-order chi connectivity index (χ0) is 3.41. The van der Waals surface area contributed by atoms with Crippen LogP contribution < -0.4 is 29.6 Å². The molecule has 0 aromatic carbocycles. The third-order valence-corrected chi connectivity index (χ3v) is 0.101. The fourth-order valence-corrected chi connectivity index (χ4v) is 0. The summed E-state index contributed by atoms with van der Waals surface area (Å²) in [6, 6.07) is 0. The zero-order valence-corrected chi connectivity index (χ0v) is 5.48. The van der Waals surface area contributed by atoms with Gasteiger partial charge in [0, 0.05) is 9.55 Å². The first-order valence-electron chi connectivity index (χ1n) is 0.569. The summed E-state index contributed by atoms with van der Waals surface area (Å²) >= 11 is 4.39. The molecule has 0 atom stereocenters. The summed E-state index contributed by atoms with van der Waals surface area (Å²) < 4.78 is 2.39. The van der Waals surface area contributed by atoms with Crippen LogP contribution in [0.15, 0.2) is 4.63 Å².